The van der Waals surface area contributed by atoms with Crippen molar-refractivity contribution in [1.82, 2.24) is 0 Å². The molecule has 1 aromatic carbocycles. The van der Waals surface area contributed by atoms with Gasteiger partial charge in [0, 0.05) is 0 Å². The Morgan fingerprint density at radius 3 is 2.31 bits per heavy atom. The van der Waals surface area contributed by atoms with Crippen LogP contribution in [0.3, 0.4) is 0 Å². The Balaban J connectivity index is 0. The normalized spacial score (nSPS) is 9.31. The molecule has 0 radical (unpaired) electrons. The summed E-state index contributed by atoms with van der Waals surface area (Å²) in [6.07, 6.45) is 6.69. The maximum absolute atomic E-state index is 2.25. The van der Waals surface area contributed by atoms with Crippen molar-refractivity contribution in [2.24, 2.45) is 0 Å². The Morgan fingerprint density at radius 2 is 1.69 bits per heavy atom. The molecule has 1 heteroatoms. The first-order valence-electron chi connectivity index (χ1n) is 4.97. The number of rotatable bonds is 5. The number of unbranched alkanes of at least 4 members (excludes halogenated alkanes) is 3. The second-order valence-electron chi connectivity index (χ2n) is 3.30. The number of aryl methyl sites for hydroxylation is 1. The summed E-state index contributed by atoms with van der Waals surface area (Å²) in [6.45, 7) is 2.25. The van der Waals surface area contributed by atoms with Gasteiger partial charge >= 0.3 is 18.9 Å². The average Bonchev–Trinajstić information content (AvgIpc) is 2.14. The molecular weight excluding hydrogens is 151 g/mol. The second kappa shape index (κ2) is 8.42. The van der Waals surface area contributed by atoms with Gasteiger partial charge in [0.1, 0.15) is 0 Å². The Morgan fingerprint density at radius 1 is 1.00 bits per heavy atom. The van der Waals surface area contributed by atoms with Crippen molar-refractivity contribution in [3.05, 3.63) is 35.9 Å². The van der Waals surface area contributed by atoms with Crippen LogP contribution in [-0.2, 0) is 6.42 Å². The molecule has 0 saturated carbocycles. The van der Waals surface area contributed by atoms with Crippen molar-refractivity contribution < 1.29 is 20.3 Å². The number of hydrogen-bond donors (Lipinski definition) is 0. The van der Waals surface area contributed by atoms with Crippen LogP contribution in [0, 0.1) is 0 Å². The van der Waals surface area contributed by atoms with E-state index in [1.54, 1.807) is 0 Å². The SMILES string of the molecule is CCCCCCc1ccccc1.[H-].[Li+]. The van der Waals surface area contributed by atoms with E-state index in [2.05, 4.69) is 37.3 Å². The van der Waals surface area contributed by atoms with Gasteiger partial charge < -0.3 is 1.43 Å². The number of hydrogen-bond acceptors (Lipinski definition) is 0. The van der Waals surface area contributed by atoms with Crippen LogP contribution in [0.15, 0.2) is 30.3 Å². The van der Waals surface area contributed by atoms with Gasteiger partial charge in [-0.05, 0) is 18.4 Å². The summed E-state index contributed by atoms with van der Waals surface area (Å²) in [4.78, 5) is 0. The topological polar surface area (TPSA) is 0 Å². The molecule has 1 rings (SSSR count). The fourth-order valence-corrected chi connectivity index (χ4v) is 1.40. The average molecular weight is 170 g/mol. The Labute approximate surface area is 95.4 Å². The van der Waals surface area contributed by atoms with Crippen molar-refractivity contribution >= 4 is 0 Å². The van der Waals surface area contributed by atoms with E-state index in [4.69, 9.17) is 0 Å². The summed E-state index contributed by atoms with van der Waals surface area (Å²) in [5, 5.41) is 0. The molecule has 0 saturated heterocycles. The van der Waals surface area contributed by atoms with Gasteiger partial charge in [-0.1, -0.05) is 56.5 Å². The monoisotopic (exact) mass is 170 g/mol. The van der Waals surface area contributed by atoms with Crippen molar-refractivity contribution in [2.75, 3.05) is 0 Å². The van der Waals surface area contributed by atoms with Gasteiger partial charge in [-0.25, -0.2) is 0 Å². The van der Waals surface area contributed by atoms with Crippen LogP contribution in [-0.4, -0.2) is 0 Å². The Hall–Kier alpha value is -0.183. The number of benzene rings is 1. The molecule has 0 nitrogen and oxygen atoms in total. The zero-order valence-corrected chi connectivity index (χ0v) is 8.92. The first-order valence-corrected chi connectivity index (χ1v) is 4.97. The smallest absolute Gasteiger partial charge is 1.00 e. The molecule has 68 valence electrons. The summed E-state index contributed by atoms with van der Waals surface area (Å²) >= 11 is 0. The molecule has 0 aliphatic rings. The minimum absolute atomic E-state index is 0. The van der Waals surface area contributed by atoms with Crippen molar-refractivity contribution in [2.45, 2.75) is 39.0 Å². The predicted molar refractivity (Wildman–Crippen MR) is 55.4 cm³/mol. The molecule has 0 aromatic heterocycles. The van der Waals surface area contributed by atoms with Crippen LogP contribution >= 0.6 is 0 Å². The summed E-state index contributed by atoms with van der Waals surface area (Å²) in [7, 11) is 0. The zero-order chi connectivity index (χ0) is 8.65. The quantitative estimate of drug-likeness (QED) is 0.455. The third-order valence-electron chi connectivity index (χ3n) is 2.16. The molecule has 0 heterocycles. The molecule has 0 aliphatic carbocycles. The first-order chi connectivity index (χ1) is 5.93. The maximum Gasteiger partial charge on any atom is 1.00 e. The molecule has 0 atom stereocenters. The fourth-order valence-electron chi connectivity index (χ4n) is 1.40. The molecular formula is C12H19Li. The predicted octanol–water partition coefficient (Wildman–Crippen LogP) is 0.926. The van der Waals surface area contributed by atoms with E-state index in [0.717, 1.165) is 0 Å². The van der Waals surface area contributed by atoms with E-state index in [9.17, 15) is 0 Å². The second-order valence-corrected chi connectivity index (χ2v) is 3.30. The molecule has 0 N–H and O–H groups in total. The minimum Gasteiger partial charge on any atom is -1.00 e. The Kier molecular flexibility index (Phi) is 8.30. The molecule has 0 amide bonds. The van der Waals surface area contributed by atoms with E-state index in [1.165, 1.54) is 37.7 Å². The summed E-state index contributed by atoms with van der Waals surface area (Å²) in [5.74, 6) is 0. The fraction of sp³-hybridized carbons (Fsp3) is 0.500. The van der Waals surface area contributed by atoms with E-state index in [0.29, 0.717) is 0 Å². The maximum atomic E-state index is 2.25. The first kappa shape index (κ1) is 12.8. The van der Waals surface area contributed by atoms with Gasteiger partial charge in [0.05, 0.1) is 0 Å². The molecule has 0 aliphatic heterocycles. The van der Waals surface area contributed by atoms with Gasteiger partial charge in [-0.3, -0.25) is 0 Å². The molecule has 0 bridgehead atoms. The van der Waals surface area contributed by atoms with E-state index in [-0.39, 0.29) is 20.3 Å². The largest absolute Gasteiger partial charge is 1.00 e. The third-order valence-corrected chi connectivity index (χ3v) is 2.16. The summed E-state index contributed by atoms with van der Waals surface area (Å²) in [6, 6.07) is 10.7. The molecule has 0 unspecified atom stereocenters. The Bertz CT molecular complexity index is 199. The van der Waals surface area contributed by atoms with Crippen LogP contribution in [0.5, 0.6) is 0 Å². The summed E-state index contributed by atoms with van der Waals surface area (Å²) in [5.41, 5.74) is 1.48. The molecule has 0 spiro atoms. The van der Waals surface area contributed by atoms with Crippen LogP contribution in [0.25, 0.3) is 0 Å². The van der Waals surface area contributed by atoms with Gasteiger partial charge in [-0.15, -0.1) is 0 Å². The van der Waals surface area contributed by atoms with Crippen molar-refractivity contribution in [1.29, 1.82) is 0 Å². The van der Waals surface area contributed by atoms with E-state index < -0.39 is 0 Å². The van der Waals surface area contributed by atoms with Crippen LogP contribution in [0.2, 0.25) is 0 Å². The minimum atomic E-state index is 0. The van der Waals surface area contributed by atoms with Crippen molar-refractivity contribution in [3.8, 4) is 0 Å². The molecule has 0 fully saturated rings. The van der Waals surface area contributed by atoms with Crippen LogP contribution in [0.1, 0.15) is 39.6 Å². The van der Waals surface area contributed by atoms with E-state index in [1.807, 2.05) is 0 Å². The zero-order valence-electron chi connectivity index (χ0n) is 9.92. The van der Waals surface area contributed by atoms with Gasteiger partial charge in [0.2, 0.25) is 0 Å². The summed E-state index contributed by atoms with van der Waals surface area (Å²) < 4.78 is 0. The molecule has 13 heavy (non-hydrogen) atoms. The van der Waals surface area contributed by atoms with E-state index >= 15 is 0 Å². The van der Waals surface area contributed by atoms with Crippen LogP contribution in [0.4, 0.5) is 0 Å². The van der Waals surface area contributed by atoms with Gasteiger partial charge in [0.25, 0.3) is 0 Å². The van der Waals surface area contributed by atoms with Gasteiger partial charge in [-0.2, -0.15) is 0 Å². The van der Waals surface area contributed by atoms with Crippen molar-refractivity contribution in [3.63, 3.8) is 0 Å². The standard InChI is InChI=1S/C12H18.Li.H/c1-2-3-4-6-9-12-10-7-5-8-11-12;;/h5,7-8,10-11H,2-4,6,9H2,1H3;;/q;+1;-1. The molecule has 1 aromatic rings. The third kappa shape index (κ3) is 5.97. The van der Waals surface area contributed by atoms with Crippen LogP contribution < -0.4 is 18.9 Å². The van der Waals surface area contributed by atoms with Gasteiger partial charge in [0.15, 0.2) is 0 Å².